The van der Waals surface area contributed by atoms with Crippen LogP contribution in [0.1, 0.15) is 15.5 Å². The highest BCUT2D eigenvalue weighted by Gasteiger charge is 2.15. The van der Waals surface area contributed by atoms with Crippen molar-refractivity contribution in [3.05, 3.63) is 51.4 Å². The summed E-state index contributed by atoms with van der Waals surface area (Å²) < 4.78 is 2.32. The van der Waals surface area contributed by atoms with Crippen molar-refractivity contribution in [1.82, 2.24) is 19.6 Å². The van der Waals surface area contributed by atoms with Crippen LogP contribution in [0.2, 0.25) is 4.34 Å². The predicted molar refractivity (Wildman–Crippen MR) is 97.4 cm³/mol. The maximum absolute atomic E-state index is 12.3. The van der Waals surface area contributed by atoms with Gasteiger partial charge in [-0.2, -0.15) is 4.52 Å². The lowest BCUT2D eigenvalue weighted by Gasteiger charge is -2.05. The molecule has 3 aromatic heterocycles. The monoisotopic (exact) mass is 374 g/mol. The number of halogens is 1. The van der Waals surface area contributed by atoms with Gasteiger partial charge in [0.1, 0.15) is 5.82 Å². The molecule has 0 amide bonds. The van der Waals surface area contributed by atoms with Crippen molar-refractivity contribution in [2.75, 3.05) is 5.75 Å². The van der Waals surface area contributed by atoms with Crippen molar-refractivity contribution < 1.29 is 4.79 Å². The Balaban J connectivity index is 1.71. The van der Waals surface area contributed by atoms with E-state index in [2.05, 4.69) is 15.1 Å². The molecular weight excluding hydrogens is 364 g/mol. The first-order valence-corrected chi connectivity index (χ1v) is 9.33. The summed E-state index contributed by atoms with van der Waals surface area (Å²) in [6, 6.07) is 11.3. The van der Waals surface area contributed by atoms with Gasteiger partial charge in [-0.15, -0.1) is 16.4 Å². The van der Waals surface area contributed by atoms with E-state index >= 15 is 0 Å². The van der Waals surface area contributed by atoms with Crippen molar-refractivity contribution in [3.8, 4) is 0 Å². The minimum absolute atomic E-state index is 0.0249. The molecular formula is C16H11ClN4OS2. The number of thioether (sulfide) groups is 1. The lowest BCUT2D eigenvalue weighted by Crippen LogP contribution is -2.03. The smallest absolute Gasteiger partial charge is 0.192 e. The lowest BCUT2D eigenvalue weighted by molar-refractivity contribution is 0.102. The largest absolute Gasteiger partial charge is 0.292 e. The van der Waals surface area contributed by atoms with Crippen LogP contribution < -0.4 is 0 Å². The zero-order valence-electron chi connectivity index (χ0n) is 12.6. The fourth-order valence-electron chi connectivity index (χ4n) is 2.39. The Morgan fingerprint density at radius 2 is 2.08 bits per heavy atom. The molecule has 0 atom stereocenters. The van der Waals surface area contributed by atoms with Crippen LogP contribution in [0.4, 0.5) is 0 Å². The molecule has 1 aromatic carbocycles. The van der Waals surface area contributed by atoms with Crippen LogP contribution in [-0.2, 0) is 0 Å². The number of aromatic nitrogens is 4. The molecule has 120 valence electrons. The molecule has 4 rings (SSSR count). The van der Waals surface area contributed by atoms with Gasteiger partial charge in [-0.1, -0.05) is 35.5 Å². The van der Waals surface area contributed by atoms with Crippen LogP contribution in [0.5, 0.6) is 0 Å². The molecule has 0 aliphatic carbocycles. The number of carbonyl (C=O) groups excluding carboxylic acids is 1. The summed E-state index contributed by atoms with van der Waals surface area (Å²) in [6.45, 7) is 1.84. The molecule has 0 fully saturated rings. The fraction of sp³-hybridized carbons (Fsp3) is 0.125. The number of aryl methyl sites for hydroxylation is 1. The number of para-hydroxylation sites is 1. The average Bonchev–Trinajstić information content (AvgIpc) is 3.18. The molecule has 0 spiro atoms. The van der Waals surface area contributed by atoms with E-state index in [-0.39, 0.29) is 11.5 Å². The van der Waals surface area contributed by atoms with Crippen LogP contribution in [0.3, 0.4) is 0 Å². The highest BCUT2D eigenvalue weighted by molar-refractivity contribution is 7.99. The van der Waals surface area contributed by atoms with Gasteiger partial charge < -0.3 is 0 Å². The minimum atomic E-state index is 0.0249. The number of hydrogen-bond acceptors (Lipinski definition) is 6. The van der Waals surface area contributed by atoms with E-state index in [0.717, 1.165) is 16.6 Å². The average molecular weight is 375 g/mol. The summed E-state index contributed by atoms with van der Waals surface area (Å²) >= 11 is 8.53. The van der Waals surface area contributed by atoms with Crippen LogP contribution in [0.15, 0.2) is 41.6 Å². The molecule has 0 unspecified atom stereocenters. The summed E-state index contributed by atoms with van der Waals surface area (Å²) in [5.74, 6) is 0.971. The van der Waals surface area contributed by atoms with Crippen LogP contribution in [-0.4, -0.2) is 31.1 Å². The fourth-order valence-corrected chi connectivity index (χ4v) is 4.29. The maximum Gasteiger partial charge on any atom is 0.192 e. The summed E-state index contributed by atoms with van der Waals surface area (Å²) in [5.41, 5.74) is 1.60. The van der Waals surface area contributed by atoms with Crippen molar-refractivity contribution in [2.45, 2.75) is 12.1 Å². The molecule has 0 N–H and O–H groups in total. The van der Waals surface area contributed by atoms with E-state index in [1.165, 1.54) is 23.1 Å². The topological polar surface area (TPSA) is 60.2 Å². The van der Waals surface area contributed by atoms with Gasteiger partial charge in [-0.05, 0) is 31.2 Å². The number of fused-ring (bicyclic) bond motifs is 3. The highest BCUT2D eigenvalue weighted by Crippen LogP contribution is 2.26. The van der Waals surface area contributed by atoms with E-state index in [0.29, 0.717) is 20.2 Å². The number of Topliss-reactive ketones (excluding diaryl/α,β-unsaturated/α-hetero) is 1. The lowest BCUT2D eigenvalue weighted by atomic mass is 10.2. The van der Waals surface area contributed by atoms with Gasteiger partial charge in [0.25, 0.3) is 0 Å². The predicted octanol–water partition coefficient (Wildman–Crippen LogP) is 4.28. The van der Waals surface area contributed by atoms with Gasteiger partial charge in [-0.3, -0.25) is 4.79 Å². The SMILES string of the molecule is Cc1nc2c3ccccc3nc(SCC(=O)c3ccc(Cl)s3)n2n1. The number of thiophene rings is 1. The van der Waals surface area contributed by atoms with E-state index < -0.39 is 0 Å². The first kappa shape index (κ1) is 15.6. The van der Waals surface area contributed by atoms with Crippen molar-refractivity contribution >= 4 is 57.0 Å². The van der Waals surface area contributed by atoms with E-state index in [1.807, 2.05) is 31.2 Å². The van der Waals surface area contributed by atoms with Gasteiger partial charge in [0.2, 0.25) is 0 Å². The van der Waals surface area contributed by atoms with Gasteiger partial charge in [0.15, 0.2) is 16.6 Å². The Morgan fingerprint density at radius 3 is 2.88 bits per heavy atom. The van der Waals surface area contributed by atoms with E-state index in [9.17, 15) is 4.79 Å². The highest BCUT2D eigenvalue weighted by atomic mass is 35.5. The number of benzene rings is 1. The molecule has 3 heterocycles. The third kappa shape index (κ3) is 2.79. The molecule has 8 heteroatoms. The molecule has 24 heavy (non-hydrogen) atoms. The van der Waals surface area contributed by atoms with E-state index in [4.69, 9.17) is 11.6 Å². The first-order valence-electron chi connectivity index (χ1n) is 7.15. The Kier molecular flexibility index (Phi) is 3.99. The second-order valence-corrected chi connectivity index (χ2v) is 7.78. The standard InChI is InChI=1S/C16H11ClN4OS2/c1-9-18-15-10-4-2-3-5-11(10)19-16(21(15)20-9)23-8-12(22)13-6-7-14(17)24-13/h2-7H,8H2,1H3. The number of nitrogens with zero attached hydrogens (tertiary/aromatic N) is 4. The summed E-state index contributed by atoms with van der Waals surface area (Å²) in [7, 11) is 0. The molecule has 0 radical (unpaired) electrons. The van der Waals surface area contributed by atoms with Crippen LogP contribution in [0, 0.1) is 6.92 Å². The normalized spacial score (nSPS) is 11.4. The molecule has 0 aliphatic rings. The Hall–Kier alpha value is -1.96. The van der Waals surface area contributed by atoms with Gasteiger partial charge in [0.05, 0.1) is 20.5 Å². The quantitative estimate of drug-likeness (QED) is 0.303. The minimum Gasteiger partial charge on any atom is -0.292 e. The van der Waals surface area contributed by atoms with Crippen molar-refractivity contribution in [2.24, 2.45) is 0 Å². The number of hydrogen-bond donors (Lipinski definition) is 0. The number of carbonyl (C=O) groups is 1. The second kappa shape index (κ2) is 6.16. The Bertz CT molecular complexity index is 1070. The van der Waals surface area contributed by atoms with E-state index in [1.54, 1.807) is 16.6 Å². The number of rotatable bonds is 4. The number of ketones is 1. The molecule has 4 aromatic rings. The van der Waals surface area contributed by atoms with Gasteiger partial charge in [0, 0.05) is 5.39 Å². The summed E-state index contributed by atoms with van der Waals surface area (Å²) in [4.78, 5) is 22.1. The molecule has 5 nitrogen and oxygen atoms in total. The second-order valence-electron chi connectivity index (χ2n) is 5.12. The third-order valence-electron chi connectivity index (χ3n) is 3.44. The van der Waals surface area contributed by atoms with Crippen molar-refractivity contribution in [3.63, 3.8) is 0 Å². The molecule has 0 aliphatic heterocycles. The summed E-state index contributed by atoms with van der Waals surface area (Å²) in [6.07, 6.45) is 0. The zero-order chi connectivity index (χ0) is 16.7. The third-order valence-corrected chi connectivity index (χ3v) is 5.64. The van der Waals surface area contributed by atoms with Crippen LogP contribution in [0.25, 0.3) is 16.6 Å². The van der Waals surface area contributed by atoms with Gasteiger partial charge >= 0.3 is 0 Å². The zero-order valence-corrected chi connectivity index (χ0v) is 15.0. The molecule has 0 saturated heterocycles. The molecule has 0 saturated carbocycles. The Morgan fingerprint density at radius 1 is 1.25 bits per heavy atom. The first-order chi connectivity index (χ1) is 11.6. The maximum atomic E-state index is 12.3. The van der Waals surface area contributed by atoms with Gasteiger partial charge in [-0.25, -0.2) is 9.97 Å². The molecule has 0 bridgehead atoms. The Labute approximate surface area is 150 Å². The van der Waals surface area contributed by atoms with Crippen molar-refractivity contribution in [1.29, 1.82) is 0 Å². The summed E-state index contributed by atoms with van der Waals surface area (Å²) in [5, 5.41) is 6.01. The van der Waals surface area contributed by atoms with Crippen LogP contribution >= 0.6 is 34.7 Å².